The molecule has 2 heterocycles. The second-order valence-electron chi connectivity index (χ2n) is 5.02. The van der Waals surface area contributed by atoms with Gasteiger partial charge in [0.25, 0.3) is 0 Å². The van der Waals surface area contributed by atoms with Gasteiger partial charge in [-0.25, -0.2) is 4.79 Å². The number of carboxylic acids is 1. The molecule has 2 aliphatic rings. The highest BCUT2D eigenvalue weighted by atomic mass is 28.4. The summed E-state index contributed by atoms with van der Waals surface area (Å²) in [5.41, 5.74) is 0.0897. The lowest BCUT2D eigenvalue weighted by atomic mass is 10.0. The Hall–Kier alpha value is -0.473. The summed E-state index contributed by atoms with van der Waals surface area (Å²) in [4.78, 5) is 11.1. The topological polar surface area (TPSA) is 96.2 Å². The highest BCUT2D eigenvalue weighted by molar-refractivity contribution is 6.69. The van der Waals surface area contributed by atoms with Crippen molar-refractivity contribution in [1.29, 1.82) is 0 Å². The smallest absolute Gasteiger partial charge is 0.342 e. The molecule has 98 valence electrons. The molecule has 2 rings (SSSR count). The van der Waals surface area contributed by atoms with E-state index in [0.717, 1.165) is 0 Å². The summed E-state index contributed by atoms with van der Waals surface area (Å²) in [6.45, 7) is 3.86. The van der Waals surface area contributed by atoms with Crippen molar-refractivity contribution in [2.45, 2.75) is 56.3 Å². The number of hydrogen-bond acceptors (Lipinski definition) is 5. The number of carboxylic acid groups (broad SMARTS) is 1. The first-order chi connectivity index (χ1) is 7.87. The zero-order valence-electron chi connectivity index (χ0n) is 9.87. The maximum absolute atomic E-state index is 11.1. The number of rotatable bonds is 2. The number of hydrogen-bond donors (Lipinski definition) is 3. The zero-order chi connectivity index (χ0) is 12.8. The largest absolute Gasteiger partial charge is 0.479 e. The van der Waals surface area contributed by atoms with Crippen molar-refractivity contribution >= 4 is 14.5 Å². The van der Waals surface area contributed by atoms with Gasteiger partial charge in [-0.15, -0.1) is 0 Å². The summed E-state index contributed by atoms with van der Waals surface area (Å²) in [5.74, 6) is -1.14. The van der Waals surface area contributed by atoms with E-state index < -0.39 is 38.9 Å². The summed E-state index contributed by atoms with van der Waals surface area (Å²) >= 11 is 0. The van der Waals surface area contributed by atoms with Gasteiger partial charge in [-0.2, -0.15) is 0 Å². The average Bonchev–Trinajstić information content (AvgIpc) is 2.60. The molecule has 0 radical (unpaired) electrons. The first-order valence-corrected chi connectivity index (χ1v) is 7.92. The standard InChI is InChI=1S/C10H18O6Si/c1-5(2)17-4-3-6(11)7(12)8(15-17)9(16-17)10(13)14/h5-9,11-12H,3-4H2,1-2H3,(H,13,14). The molecular weight excluding hydrogens is 244 g/mol. The van der Waals surface area contributed by atoms with Crippen LogP contribution in [0.1, 0.15) is 20.3 Å². The number of fused-ring (bicyclic) bond motifs is 2. The molecule has 6 nitrogen and oxygen atoms in total. The lowest BCUT2D eigenvalue weighted by Gasteiger charge is -2.28. The van der Waals surface area contributed by atoms with Crippen LogP contribution < -0.4 is 0 Å². The van der Waals surface area contributed by atoms with Crippen LogP contribution in [0.3, 0.4) is 0 Å². The minimum absolute atomic E-state index is 0.0897. The Morgan fingerprint density at radius 2 is 2.00 bits per heavy atom. The fraction of sp³-hybridized carbons (Fsp3) is 0.900. The van der Waals surface area contributed by atoms with Gasteiger partial charge in [0, 0.05) is 0 Å². The molecule has 17 heavy (non-hydrogen) atoms. The van der Waals surface area contributed by atoms with Crippen LogP contribution in [-0.2, 0) is 13.6 Å². The Labute approximate surface area is 100 Å². The molecule has 3 N–H and O–H groups in total. The Balaban J connectivity index is 2.32. The third-order valence-corrected chi connectivity index (χ3v) is 7.67. The molecule has 2 aliphatic heterocycles. The number of aliphatic hydroxyl groups is 2. The van der Waals surface area contributed by atoms with Crippen LogP contribution in [0.25, 0.3) is 0 Å². The van der Waals surface area contributed by atoms with Gasteiger partial charge in [0.05, 0.1) is 6.10 Å². The molecule has 0 aromatic carbocycles. The summed E-state index contributed by atoms with van der Waals surface area (Å²) < 4.78 is 11.4. The maximum Gasteiger partial charge on any atom is 0.342 e. The van der Waals surface area contributed by atoms with Crippen LogP contribution in [0.5, 0.6) is 0 Å². The predicted octanol–water partition coefficient (Wildman–Crippen LogP) is -0.167. The molecule has 2 saturated heterocycles. The monoisotopic (exact) mass is 262 g/mol. The quantitative estimate of drug-likeness (QED) is 0.598. The molecule has 7 heteroatoms. The highest BCUT2D eigenvalue weighted by Crippen LogP contribution is 2.42. The fourth-order valence-electron chi connectivity index (χ4n) is 2.46. The first-order valence-electron chi connectivity index (χ1n) is 5.82. The Morgan fingerprint density at radius 1 is 1.35 bits per heavy atom. The Bertz CT molecular complexity index is 322. The minimum Gasteiger partial charge on any atom is -0.479 e. The van der Waals surface area contributed by atoms with Gasteiger partial charge in [0.1, 0.15) is 12.2 Å². The molecule has 0 aliphatic carbocycles. The molecule has 0 aromatic rings. The summed E-state index contributed by atoms with van der Waals surface area (Å²) in [6.07, 6.45) is -3.83. The van der Waals surface area contributed by atoms with Gasteiger partial charge in [0.15, 0.2) is 6.10 Å². The third-order valence-electron chi connectivity index (χ3n) is 3.60. The van der Waals surface area contributed by atoms with E-state index in [-0.39, 0.29) is 5.54 Å². The molecule has 2 bridgehead atoms. The first kappa shape index (κ1) is 13.0. The van der Waals surface area contributed by atoms with E-state index in [2.05, 4.69) is 0 Å². The number of carbonyl (C=O) groups is 1. The van der Waals surface area contributed by atoms with Crippen LogP contribution in [-0.4, -0.2) is 54.3 Å². The highest BCUT2D eigenvalue weighted by Gasteiger charge is 2.60. The van der Waals surface area contributed by atoms with Gasteiger partial charge in [0.2, 0.25) is 0 Å². The van der Waals surface area contributed by atoms with E-state index in [1.165, 1.54) is 0 Å². The molecule has 0 saturated carbocycles. The van der Waals surface area contributed by atoms with Crippen molar-refractivity contribution < 1.29 is 29.0 Å². The summed E-state index contributed by atoms with van der Waals surface area (Å²) in [7, 11) is -2.62. The minimum atomic E-state index is -2.62. The molecule has 5 unspecified atom stereocenters. The van der Waals surface area contributed by atoms with Gasteiger partial charge >= 0.3 is 14.5 Å². The van der Waals surface area contributed by atoms with E-state index in [4.69, 9.17) is 14.0 Å². The fourth-order valence-corrected chi connectivity index (χ4v) is 5.96. The van der Waals surface area contributed by atoms with Crippen LogP contribution in [0, 0.1) is 0 Å². The van der Waals surface area contributed by atoms with Crippen LogP contribution in [0.4, 0.5) is 0 Å². The molecule has 2 fully saturated rings. The van der Waals surface area contributed by atoms with Crippen molar-refractivity contribution in [2.75, 3.05) is 0 Å². The van der Waals surface area contributed by atoms with Crippen molar-refractivity contribution in [1.82, 2.24) is 0 Å². The lowest BCUT2D eigenvalue weighted by Crippen LogP contribution is -2.46. The predicted molar refractivity (Wildman–Crippen MR) is 59.7 cm³/mol. The van der Waals surface area contributed by atoms with Crippen molar-refractivity contribution in [3.63, 3.8) is 0 Å². The van der Waals surface area contributed by atoms with Gasteiger partial charge < -0.3 is 24.2 Å². The molecule has 0 spiro atoms. The van der Waals surface area contributed by atoms with Crippen LogP contribution in [0.2, 0.25) is 11.6 Å². The van der Waals surface area contributed by atoms with Crippen molar-refractivity contribution in [3.8, 4) is 0 Å². The van der Waals surface area contributed by atoms with E-state index in [1.54, 1.807) is 0 Å². The molecule has 5 atom stereocenters. The molecule has 0 aromatic heterocycles. The maximum atomic E-state index is 11.1. The van der Waals surface area contributed by atoms with E-state index >= 15 is 0 Å². The Morgan fingerprint density at radius 3 is 2.53 bits per heavy atom. The zero-order valence-corrected chi connectivity index (χ0v) is 10.9. The SMILES string of the molecule is CC(C)[Si]12CCC(O)C(O)C(O1)C(C(=O)O)O2. The normalized spacial score (nSPS) is 45.9. The second-order valence-corrected chi connectivity index (χ2v) is 8.77. The number of aliphatic hydroxyl groups excluding tert-OH is 2. The second kappa shape index (κ2) is 4.32. The van der Waals surface area contributed by atoms with Crippen molar-refractivity contribution in [3.05, 3.63) is 0 Å². The molecular formula is C10H18O6Si. The average molecular weight is 262 g/mol. The van der Waals surface area contributed by atoms with Gasteiger partial charge in [-0.1, -0.05) is 13.8 Å². The van der Waals surface area contributed by atoms with E-state index in [1.807, 2.05) is 13.8 Å². The third kappa shape index (κ3) is 2.02. The van der Waals surface area contributed by atoms with Gasteiger partial charge in [-0.05, 0) is 18.0 Å². The van der Waals surface area contributed by atoms with Gasteiger partial charge in [-0.3, -0.25) is 0 Å². The Kier molecular flexibility index (Phi) is 3.30. The van der Waals surface area contributed by atoms with Crippen molar-refractivity contribution in [2.24, 2.45) is 0 Å². The van der Waals surface area contributed by atoms with E-state index in [9.17, 15) is 15.0 Å². The molecule has 0 amide bonds. The lowest BCUT2D eigenvalue weighted by molar-refractivity contribution is -0.150. The van der Waals surface area contributed by atoms with E-state index in [0.29, 0.717) is 12.5 Å². The summed E-state index contributed by atoms with van der Waals surface area (Å²) in [5, 5.41) is 28.7. The number of aliphatic carboxylic acids is 1. The summed E-state index contributed by atoms with van der Waals surface area (Å²) in [6, 6.07) is 0.517. The van der Waals surface area contributed by atoms with Crippen LogP contribution >= 0.6 is 0 Å². The van der Waals surface area contributed by atoms with Crippen LogP contribution in [0.15, 0.2) is 0 Å².